The number of carbonyl (C=O) groups excluding carboxylic acids is 1. The highest BCUT2D eigenvalue weighted by Crippen LogP contribution is 2.49. The fraction of sp³-hybridized carbons (Fsp3) is 0.925. The van der Waals surface area contributed by atoms with Crippen molar-refractivity contribution in [3.63, 3.8) is 0 Å². The van der Waals surface area contributed by atoms with Crippen LogP contribution in [0.25, 0.3) is 0 Å². The first-order valence-corrected chi connectivity index (χ1v) is 28.2. The zero-order chi connectivity index (χ0) is 38.0. The van der Waals surface area contributed by atoms with Gasteiger partial charge in [-0.2, -0.15) is 0 Å². The molecule has 2 aliphatic heterocycles. The molecule has 0 aromatic heterocycles. The van der Waals surface area contributed by atoms with Crippen LogP contribution in [-0.2, 0) is 32.3 Å². The van der Waals surface area contributed by atoms with Crippen LogP contribution in [0.15, 0.2) is 12.2 Å². The van der Waals surface area contributed by atoms with E-state index in [4.69, 9.17) is 27.5 Å². The van der Waals surface area contributed by atoms with Crippen molar-refractivity contribution in [3.05, 3.63) is 12.2 Å². The minimum atomic E-state index is -1.99. The van der Waals surface area contributed by atoms with Crippen LogP contribution in [0, 0.1) is 5.92 Å². The lowest BCUT2D eigenvalue weighted by atomic mass is 9.80. The number of esters is 1. The summed E-state index contributed by atoms with van der Waals surface area (Å²) in [5, 5.41) is 0. The Morgan fingerprint density at radius 3 is 1.76 bits per heavy atom. The Morgan fingerprint density at radius 2 is 1.28 bits per heavy atom. The lowest BCUT2D eigenvalue weighted by Gasteiger charge is -2.55. The molecule has 50 heavy (non-hydrogen) atoms. The molecule has 10 heteroatoms. The smallest absolute Gasteiger partial charge is 0.308 e. The molecular formula is C40H80O7Si3. The van der Waals surface area contributed by atoms with Crippen LogP contribution < -0.4 is 0 Å². The van der Waals surface area contributed by atoms with Gasteiger partial charge in [0.2, 0.25) is 0 Å². The number of rotatable bonds is 21. The van der Waals surface area contributed by atoms with E-state index in [0.29, 0.717) is 25.9 Å². The fourth-order valence-corrected chi connectivity index (χ4v) is 17.3. The summed E-state index contributed by atoms with van der Waals surface area (Å²) in [6.45, 7) is 36.2. The van der Waals surface area contributed by atoms with Crippen LogP contribution in [0.3, 0.4) is 0 Å². The number of hydrogen-bond donors (Lipinski definition) is 0. The highest BCUT2D eigenvalue weighted by molar-refractivity contribution is 6.74. The molecule has 0 N–H and O–H groups in total. The van der Waals surface area contributed by atoms with Crippen LogP contribution in [0.1, 0.15) is 135 Å². The van der Waals surface area contributed by atoms with Gasteiger partial charge < -0.3 is 27.5 Å². The first-order valence-electron chi connectivity index (χ1n) is 20.6. The minimum absolute atomic E-state index is 0.0537. The second-order valence-corrected chi connectivity index (χ2v) is 31.3. The Balaban J connectivity index is 2.52. The average molecular weight is 757 g/mol. The van der Waals surface area contributed by atoms with Crippen molar-refractivity contribution in [1.29, 1.82) is 0 Å². The minimum Gasteiger partial charge on any atom is -0.460 e. The Kier molecular flexibility index (Phi) is 17.7. The van der Waals surface area contributed by atoms with Crippen molar-refractivity contribution < 1.29 is 32.3 Å². The summed E-state index contributed by atoms with van der Waals surface area (Å²) in [5.74, 6) is -0.937. The third-order valence-corrected chi connectivity index (χ3v) is 26.6. The van der Waals surface area contributed by atoms with Gasteiger partial charge in [-0.25, -0.2) is 0 Å². The van der Waals surface area contributed by atoms with Crippen LogP contribution in [0.4, 0.5) is 0 Å². The van der Waals surface area contributed by atoms with E-state index in [-0.39, 0.29) is 36.6 Å². The molecule has 2 rings (SSSR count). The summed E-state index contributed by atoms with van der Waals surface area (Å²) in [6.07, 6.45) is 3.09. The third-order valence-electron chi connectivity index (χ3n) is 12.4. The number of hydrogen-bond acceptors (Lipinski definition) is 7. The maximum Gasteiger partial charge on any atom is 0.308 e. The van der Waals surface area contributed by atoms with Crippen LogP contribution in [0.5, 0.6) is 0 Å². The van der Waals surface area contributed by atoms with E-state index in [1.54, 1.807) is 0 Å². The molecule has 0 aliphatic carbocycles. The third kappa shape index (κ3) is 12.6. The Morgan fingerprint density at radius 1 is 0.780 bits per heavy atom. The molecule has 0 radical (unpaired) electrons. The predicted molar refractivity (Wildman–Crippen MR) is 216 cm³/mol. The lowest BCUT2D eigenvalue weighted by molar-refractivity contribution is -0.346. The van der Waals surface area contributed by atoms with Gasteiger partial charge in [0.05, 0.1) is 30.3 Å². The SMILES string of the molecule is C=C(C[C@H]1C[C@](C)(O[Si](CC)(CC)CC)C[C@@]2(C[C@@H](O[Si](CC)(CC)CC)C[C@H](CC(=O)OC(C)(C)C)O2)O1)[C@@H](C)CO[Si](CC)(CC)CC. The molecule has 1 spiro atoms. The largest absolute Gasteiger partial charge is 0.460 e. The van der Waals surface area contributed by atoms with E-state index < -0.39 is 41.9 Å². The van der Waals surface area contributed by atoms with Gasteiger partial charge in [-0.1, -0.05) is 81.4 Å². The first kappa shape index (κ1) is 45.8. The second-order valence-electron chi connectivity index (χ2n) is 17.1. The van der Waals surface area contributed by atoms with Gasteiger partial charge in [0.15, 0.2) is 30.7 Å². The average Bonchev–Trinajstić information content (AvgIpc) is 3.05. The first-order chi connectivity index (χ1) is 23.3. The lowest BCUT2D eigenvalue weighted by Crippen LogP contribution is -2.61. The highest BCUT2D eigenvalue weighted by Gasteiger charge is 2.56. The molecular weight excluding hydrogens is 677 g/mol. The summed E-state index contributed by atoms with van der Waals surface area (Å²) < 4.78 is 41.5. The van der Waals surface area contributed by atoms with E-state index in [1.165, 1.54) is 0 Å². The molecule has 2 saturated heterocycles. The van der Waals surface area contributed by atoms with Crippen molar-refractivity contribution in [1.82, 2.24) is 0 Å². The van der Waals surface area contributed by atoms with Crippen LogP contribution >= 0.6 is 0 Å². The van der Waals surface area contributed by atoms with Gasteiger partial charge in [-0.15, -0.1) is 0 Å². The quantitative estimate of drug-likeness (QED) is 0.0656. The van der Waals surface area contributed by atoms with Crippen molar-refractivity contribution in [2.45, 2.75) is 225 Å². The van der Waals surface area contributed by atoms with E-state index in [9.17, 15) is 4.79 Å². The summed E-state index contributed by atoms with van der Waals surface area (Å²) >= 11 is 0. The van der Waals surface area contributed by atoms with Crippen molar-refractivity contribution in [3.8, 4) is 0 Å². The maximum absolute atomic E-state index is 13.3. The van der Waals surface area contributed by atoms with Crippen molar-refractivity contribution in [2.24, 2.45) is 5.92 Å². The van der Waals surface area contributed by atoms with Gasteiger partial charge >= 0.3 is 5.97 Å². The second kappa shape index (κ2) is 19.3. The van der Waals surface area contributed by atoms with Gasteiger partial charge in [-0.05, 0) is 101 Å². The van der Waals surface area contributed by atoms with E-state index in [0.717, 1.165) is 72.8 Å². The molecule has 2 aliphatic rings. The van der Waals surface area contributed by atoms with E-state index in [2.05, 4.69) is 82.7 Å². The molecule has 0 aromatic rings. The van der Waals surface area contributed by atoms with Gasteiger partial charge in [0.25, 0.3) is 0 Å². The summed E-state index contributed by atoms with van der Waals surface area (Å²) in [5.41, 5.74) is 0.170. The standard InChI is InChI=1S/C40H80O7Si3/c1-16-48(17-2,18-3)42-30-33(11)32(10)25-35-28-39(15,47-50(22-7,23-8)24-9)31-40(44-35)29-36(46-49(19-4,20-5)21-6)26-34(43-40)27-37(41)45-38(12,13)14/h33-36H,10,16-31H2,1-9,11-15H3/t33-,34+,35-,36-,39-,40+/m0/s1. The van der Waals surface area contributed by atoms with Gasteiger partial charge in [-0.3, -0.25) is 4.79 Å². The Bertz CT molecular complexity index is 1030. The molecule has 0 aromatic carbocycles. The summed E-state index contributed by atoms with van der Waals surface area (Å²) in [6, 6.07) is 9.89. The Labute approximate surface area is 312 Å². The normalized spacial score (nSPS) is 27.4. The summed E-state index contributed by atoms with van der Waals surface area (Å²) in [4.78, 5) is 13.3. The molecule has 0 saturated carbocycles. The monoisotopic (exact) mass is 757 g/mol. The number of carbonyl (C=O) groups is 1. The Hall–Kier alpha value is -0.339. The molecule has 2 heterocycles. The molecule has 6 atom stereocenters. The van der Waals surface area contributed by atoms with Crippen LogP contribution in [0.2, 0.25) is 54.4 Å². The van der Waals surface area contributed by atoms with E-state index in [1.807, 2.05) is 20.8 Å². The van der Waals surface area contributed by atoms with Gasteiger partial charge in [0, 0.05) is 25.9 Å². The zero-order valence-electron chi connectivity index (χ0n) is 35.2. The molecule has 7 nitrogen and oxygen atoms in total. The van der Waals surface area contributed by atoms with Gasteiger partial charge in [0.1, 0.15) is 5.60 Å². The molecule has 0 unspecified atom stereocenters. The zero-order valence-corrected chi connectivity index (χ0v) is 38.2. The molecule has 0 amide bonds. The van der Waals surface area contributed by atoms with E-state index >= 15 is 0 Å². The topological polar surface area (TPSA) is 72.5 Å². The van der Waals surface area contributed by atoms with Crippen molar-refractivity contribution in [2.75, 3.05) is 6.61 Å². The maximum atomic E-state index is 13.3. The molecule has 2 fully saturated rings. The summed E-state index contributed by atoms with van der Waals surface area (Å²) in [7, 11) is -5.64. The predicted octanol–water partition coefficient (Wildman–Crippen LogP) is 11.5. The fourth-order valence-electron chi connectivity index (χ4n) is 8.61. The number of ether oxygens (including phenoxy) is 3. The molecule has 294 valence electrons. The van der Waals surface area contributed by atoms with Crippen LogP contribution in [-0.4, -0.2) is 72.8 Å². The van der Waals surface area contributed by atoms with Crippen molar-refractivity contribution >= 4 is 30.9 Å². The highest BCUT2D eigenvalue weighted by atomic mass is 28.4. The molecule has 0 bridgehead atoms.